The minimum absolute atomic E-state index is 0.111. The Morgan fingerprint density at radius 3 is 2.79 bits per heavy atom. The molecule has 0 aliphatic rings. The van der Waals surface area contributed by atoms with Gasteiger partial charge in [0.15, 0.2) is 0 Å². The normalized spacial score (nSPS) is 12.1. The molecule has 0 saturated heterocycles. The van der Waals surface area contributed by atoms with Crippen molar-refractivity contribution in [2.24, 2.45) is 0 Å². The number of para-hydroxylation sites is 1. The summed E-state index contributed by atoms with van der Waals surface area (Å²) >= 11 is 3.37. The van der Waals surface area contributed by atoms with Crippen LogP contribution < -0.4 is 5.32 Å². The number of halogens is 1. The van der Waals surface area contributed by atoms with Gasteiger partial charge in [-0.25, -0.2) is 4.79 Å². The van der Waals surface area contributed by atoms with Gasteiger partial charge in [0, 0.05) is 35.3 Å². The van der Waals surface area contributed by atoms with E-state index in [1.165, 1.54) is 7.11 Å². The van der Waals surface area contributed by atoms with Crippen LogP contribution in [-0.2, 0) is 20.7 Å². The van der Waals surface area contributed by atoms with Crippen LogP contribution in [0.1, 0.15) is 31.2 Å². The molecule has 0 bridgehead atoms. The Hall–Kier alpha value is -1.82. The molecule has 0 radical (unpaired) electrons. The van der Waals surface area contributed by atoms with Crippen molar-refractivity contribution in [2.45, 2.75) is 38.1 Å². The Labute approximate surface area is 150 Å². The second kappa shape index (κ2) is 9.47. The molecule has 1 atom stereocenters. The predicted octanol–water partition coefficient (Wildman–Crippen LogP) is 3.32. The first-order chi connectivity index (χ1) is 11.7. The van der Waals surface area contributed by atoms with Gasteiger partial charge in [0.25, 0.3) is 0 Å². The first kappa shape index (κ1) is 18.5. The molecule has 2 N–H and O–H groups in total. The van der Waals surface area contributed by atoms with Crippen LogP contribution >= 0.6 is 15.9 Å². The van der Waals surface area contributed by atoms with E-state index in [0.29, 0.717) is 12.8 Å². The number of fused-ring (bicyclic) bond motifs is 1. The Morgan fingerprint density at radius 2 is 2.04 bits per heavy atom. The van der Waals surface area contributed by atoms with E-state index in [9.17, 15) is 9.59 Å². The van der Waals surface area contributed by atoms with Gasteiger partial charge in [-0.15, -0.1) is 0 Å². The van der Waals surface area contributed by atoms with E-state index in [-0.39, 0.29) is 5.91 Å². The van der Waals surface area contributed by atoms with Crippen molar-refractivity contribution in [3.63, 3.8) is 0 Å². The number of esters is 1. The maximum atomic E-state index is 12.1. The summed E-state index contributed by atoms with van der Waals surface area (Å²) in [5.41, 5.74) is 2.00. The van der Waals surface area contributed by atoms with Gasteiger partial charge in [0.05, 0.1) is 7.11 Å². The Bertz CT molecular complexity index is 684. The number of carbonyl (C=O) groups is 2. The Morgan fingerprint density at radius 1 is 1.25 bits per heavy atom. The zero-order chi connectivity index (χ0) is 17.4. The lowest BCUT2D eigenvalue weighted by Crippen LogP contribution is -2.42. The maximum Gasteiger partial charge on any atom is 0.328 e. The number of methoxy groups -OCH3 is 1. The second-order valence-corrected chi connectivity index (χ2v) is 6.50. The highest BCUT2D eigenvalue weighted by Crippen LogP contribution is 2.19. The van der Waals surface area contributed by atoms with Crippen molar-refractivity contribution >= 4 is 38.7 Å². The van der Waals surface area contributed by atoms with Crippen LogP contribution in [0.5, 0.6) is 0 Å². The standard InChI is InChI=1S/C18H23BrN2O3/c1-24-18(23)16(21-17(22)9-3-2-6-10-19)11-13-12-20-15-8-5-4-7-14(13)15/h4-5,7-8,12,16,20H,2-3,6,9-11H2,1H3,(H,21,22)/t16-/m0/s1. The molecule has 2 aromatic rings. The van der Waals surface area contributed by atoms with E-state index in [1.54, 1.807) is 0 Å². The minimum atomic E-state index is -0.669. The third-order valence-electron chi connectivity index (χ3n) is 3.96. The number of amides is 1. The monoisotopic (exact) mass is 394 g/mol. The van der Waals surface area contributed by atoms with Crippen molar-refractivity contribution in [2.75, 3.05) is 12.4 Å². The van der Waals surface area contributed by atoms with Gasteiger partial charge in [-0.05, 0) is 24.5 Å². The number of nitrogens with one attached hydrogen (secondary N) is 2. The summed E-state index contributed by atoms with van der Waals surface area (Å²) in [5.74, 6) is -0.533. The van der Waals surface area contributed by atoms with E-state index in [0.717, 1.165) is 41.1 Å². The first-order valence-electron chi connectivity index (χ1n) is 8.14. The predicted molar refractivity (Wildman–Crippen MR) is 98.2 cm³/mol. The molecule has 0 aliphatic carbocycles. The SMILES string of the molecule is COC(=O)[C@H](Cc1c[nH]c2ccccc12)NC(=O)CCCCCBr. The quantitative estimate of drug-likeness (QED) is 0.389. The van der Waals surface area contributed by atoms with Crippen molar-refractivity contribution in [3.05, 3.63) is 36.0 Å². The Balaban J connectivity index is 2.00. The molecule has 0 aliphatic heterocycles. The van der Waals surface area contributed by atoms with Crippen LogP contribution in [0.15, 0.2) is 30.5 Å². The molecule has 0 unspecified atom stereocenters. The molecule has 0 spiro atoms. The van der Waals surface area contributed by atoms with Crippen molar-refractivity contribution in [3.8, 4) is 0 Å². The van der Waals surface area contributed by atoms with Gasteiger partial charge in [-0.1, -0.05) is 40.5 Å². The molecule has 0 saturated carbocycles. The molecular weight excluding hydrogens is 372 g/mol. The van der Waals surface area contributed by atoms with Crippen LogP contribution in [0, 0.1) is 0 Å². The molecule has 130 valence electrons. The number of ether oxygens (including phenoxy) is 1. The van der Waals surface area contributed by atoms with Crippen molar-refractivity contribution in [1.29, 1.82) is 0 Å². The fourth-order valence-electron chi connectivity index (χ4n) is 2.68. The molecule has 5 nitrogen and oxygen atoms in total. The van der Waals surface area contributed by atoms with E-state index in [2.05, 4.69) is 26.2 Å². The average molecular weight is 395 g/mol. The number of H-pyrrole nitrogens is 1. The smallest absolute Gasteiger partial charge is 0.328 e. The van der Waals surface area contributed by atoms with Gasteiger partial charge in [-0.3, -0.25) is 4.79 Å². The molecule has 1 heterocycles. The van der Waals surface area contributed by atoms with E-state index in [1.807, 2.05) is 30.5 Å². The zero-order valence-electron chi connectivity index (χ0n) is 13.8. The zero-order valence-corrected chi connectivity index (χ0v) is 15.4. The molecule has 1 amide bonds. The van der Waals surface area contributed by atoms with Gasteiger partial charge >= 0.3 is 5.97 Å². The summed E-state index contributed by atoms with van der Waals surface area (Å²) in [7, 11) is 1.34. The van der Waals surface area contributed by atoms with Crippen LogP contribution in [0.3, 0.4) is 0 Å². The van der Waals surface area contributed by atoms with Gasteiger partial charge < -0.3 is 15.0 Å². The number of aromatic nitrogens is 1. The molecule has 0 fully saturated rings. The van der Waals surface area contributed by atoms with Crippen LogP contribution in [0.25, 0.3) is 10.9 Å². The molecule has 1 aromatic heterocycles. The highest BCUT2D eigenvalue weighted by atomic mass is 79.9. The summed E-state index contributed by atoms with van der Waals surface area (Å²) in [4.78, 5) is 27.3. The van der Waals surface area contributed by atoms with Crippen LogP contribution in [0.4, 0.5) is 0 Å². The number of hydrogen-bond acceptors (Lipinski definition) is 3. The molecule has 6 heteroatoms. The maximum absolute atomic E-state index is 12.1. The van der Waals surface area contributed by atoms with Crippen LogP contribution in [-0.4, -0.2) is 35.3 Å². The van der Waals surface area contributed by atoms with Gasteiger partial charge in [0.2, 0.25) is 5.91 Å². The van der Waals surface area contributed by atoms with Crippen molar-refractivity contribution < 1.29 is 14.3 Å². The second-order valence-electron chi connectivity index (χ2n) is 5.71. The molecule has 1 aromatic carbocycles. The summed E-state index contributed by atoms with van der Waals surface area (Å²) in [6.45, 7) is 0. The third-order valence-corrected chi connectivity index (χ3v) is 4.52. The molecule has 24 heavy (non-hydrogen) atoms. The van der Waals surface area contributed by atoms with E-state index >= 15 is 0 Å². The number of hydrogen-bond donors (Lipinski definition) is 2. The topological polar surface area (TPSA) is 71.2 Å². The molecule has 2 rings (SSSR count). The summed E-state index contributed by atoms with van der Waals surface area (Å²) in [5, 5.41) is 4.81. The number of rotatable bonds is 9. The lowest BCUT2D eigenvalue weighted by atomic mass is 10.0. The summed E-state index contributed by atoms with van der Waals surface area (Å²) in [6, 6.07) is 7.22. The number of alkyl halides is 1. The average Bonchev–Trinajstić information content (AvgIpc) is 3.00. The third kappa shape index (κ3) is 5.09. The van der Waals surface area contributed by atoms with Crippen LogP contribution in [0.2, 0.25) is 0 Å². The first-order valence-corrected chi connectivity index (χ1v) is 9.26. The lowest BCUT2D eigenvalue weighted by Gasteiger charge is -2.16. The molecular formula is C18H23BrN2O3. The van der Waals surface area contributed by atoms with Gasteiger partial charge in [-0.2, -0.15) is 0 Å². The lowest BCUT2D eigenvalue weighted by molar-refractivity contribution is -0.145. The summed E-state index contributed by atoms with van der Waals surface area (Å²) < 4.78 is 4.85. The summed E-state index contributed by atoms with van der Waals surface area (Å²) in [6.07, 6.45) is 5.56. The van der Waals surface area contributed by atoms with E-state index in [4.69, 9.17) is 4.74 Å². The van der Waals surface area contributed by atoms with E-state index < -0.39 is 12.0 Å². The fraction of sp³-hybridized carbons (Fsp3) is 0.444. The van der Waals surface area contributed by atoms with Gasteiger partial charge in [0.1, 0.15) is 6.04 Å². The van der Waals surface area contributed by atoms with Crippen molar-refractivity contribution in [1.82, 2.24) is 10.3 Å². The highest BCUT2D eigenvalue weighted by Gasteiger charge is 2.23. The largest absolute Gasteiger partial charge is 0.467 e. The number of unbranched alkanes of at least 4 members (excludes halogenated alkanes) is 2. The number of aromatic amines is 1. The number of benzene rings is 1. The minimum Gasteiger partial charge on any atom is -0.467 e. The highest BCUT2D eigenvalue weighted by molar-refractivity contribution is 9.09. The Kier molecular flexibility index (Phi) is 7.31. The fourth-order valence-corrected chi connectivity index (χ4v) is 3.08. The number of carbonyl (C=O) groups excluding carboxylic acids is 2.